The summed E-state index contributed by atoms with van der Waals surface area (Å²) in [5.41, 5.74) is 0.891. The molecule has 4 nitrogen and oxygen atoms in total. The molecule has 0 saturated heterocycles. The van der Waals surface area contributed by atoms with E-state index in [1.807, 2.05) is 19.9 Å². The average Bonchev–Trinajstić information content (AvgIpc) is 2.36. The zero-order valence-electron chi connectivity index (χ0n) is 9.37. The summed E-state index contributed by atoms with van der Waals surface area (Å²) in [6.07, 6.45) is 0. The molecule has 0 saturated carbocycles. The second-order valence-corrected chi connectivity index (χ2v) is 4.05. The molecule has 0 aliphatic carbocycles. The number of nitrogens with zero attached hydrogens (tertiary/aromatic N) is 2. The molecule has 0 aromatic carbocycles. The quantitative estimate of drug-likeness (QED) is 0.638. The van der Waals surface area contributed by atoms with Crippen LogP contribution in [0.25, 0.3) is 0 Å². The maximum Gasteiger partial charge on any atom is 0.257 e. The lowest BCUT2D eigenvalue weighted by atomic mass is 10.0. The minimum Gasteiger partial charge on any atom is -0.269 e. The zero-order valence-corrected chi connectivity index (χ0v) is 9.37. The molecule has 4 heteroatoms. The molecule has 0 spiro atoms. The van der Waals surface area contributed by atoms with Crippen LogP contribution in [-0.4, -0.2) is 22.8 Å². The fraction of sp³-hybridized carbons (Fsp3) is 0.545. The summed E-state index contributed by atoms with van der Waals surface area (Å²) >= 11 is 0. The van der Waals surface area contributed by atoms with E-state index in [-0.39, 0.29) is 17.7 Å². The van der Waals surface area contributed by atoms with Gasteiger partial charge in [0.05, 0.1) is 6.07 Å². The maximum absolute atomic E-state index is 11.7. The zero-order chi connectivity index (χ0) is 11.7. The highest BCUT2D eigenvalue weighted by molar-refractivity contribution is 6.19. The van der Waals surface area contributed by atoms with Crippen LogP contribution in [-0.2, 0) is 9.59 Å². The third-order valence-electron chi connectivity index (χ3n) is 2.68. The van der Waals surface area contributed by atoms with Gasteiger partial charge in [0, 0.05) is 11.1 Å². The molecule has 0 fully saturated rings. The standard InChI is InChI=1S/C11H14N2O2/c1-6(2)9(5-12)13-10(14)7(3)8(4)11(13)15/h6,9H,1-4H3. The molecule has 0 radical (unpaired) electrons. The first-order valence-electron chi connectivity index (χ1n) is 4.86. The minimum absolute atomic E-state index is 0.0541. The molecule has 0 aromatic heterocycles. The summed E-state index contributed by atoms with van der Waals surface area (Å²) in [6, 6.07) is 1.33. The Balaban J connectivity index is 3.08. The summed E-state index contributed by atoms with van der Waals surface area (Å²) < 4.78 is 0. The molecule has 1 aliphatic rings. The van der Waals surface area contributed by atoms with Crippen molar-refractivity contribution in [3.05, 3.63) is 11.1 Å². The van der Waals surface area contributed by atoms with Crippen molar-refractivity contribution in [3.8, 4) is 6.07 Å². The maximum atomic E-state index is 11.7. The molecule has 1 atom stereocenters. The van der Waals surface area contributed by atoms with E-state index in [1.165, 1.54) is 0 Å². The highest BCUT2D eigenvalue weighted by Crippen LogP contribution is 2.24. The number of imide groups is 1. The van der Waals surface area contributed by atoms with Gasteiger partial charge in [-0.05, 0) is 19.8 Å². The molecule has 0 N–H and O–H groups in total. The number of carbonyl (C=O) groups is 2. The van der Waals surface area contributed by atoms with Crippen LogP contribution in [0.4, 0.5) is 0 Å². The van der Waals surface area contributed by atoms with Crippen molar-refractivity contribution in [1.29, 1.82) is 5.26 Å². The number of hydrogen-bond acceptors (Lipinski definition) is 3. The van der Waals surface area contributed by atoms with Crippen LogP contribution in [0, 0.1) is 17.2 Å². The molecule has 1 heterocycles. The lowest BCUT2D eigenvalue weighted by molar-refractivity contribution is -0.139. The normalized spacial score (nSPS) is 18.8. The second-order valence-electron chi connectivity index (χ2n) is 4.05. The number of nitriles is 1. The molecular weight excluding hydrogens is 192 g/mol. The van der Waals surface area contributed by atoms with Gasteiger partial charge in [0.2, 0.25) is 0 Å². The molecule has 15 heavy (non-hydrogen) atoms. The van der Waals surface area contributed by atoms with Crippen molar-refractivity contribution < 1.29 is 9.59 Å². The van der Waals surface area contributed by atoms with Crippen LogP contribution in [0.5, 0.6) is 0 Å². The van der Waals surface area contributed by atoms with Gasteiger partial charge >= 0.3 is 0 Å². The Hall–Kier alpha value is -1.63. The second kappa shape index (κ2) is 3.85. The molecule has 0 aromatic rings. The first-order valence-corrected chi connectivity index (χ1v) is 4.86. The van der Waals surface area contributed by atoms with Gasteiger partial charge < -0.3 is 0 Å². The Labute approximate surface area is 89.2 Å². The molecular formula is C11H14N2O2. The lowest BCUT2D eigenvalue weighted by Gasteiger charge is -2.23. The third-order valence-corrected chi connectivity index (χ3v) is 2.68. The summed E-state index contributed by atoms with van der Waals surface area (Å²) in [5.74, 6) is -0.725. The molecule has 0 bridgehead atoms. The van der Waals surface area contributed by atoms with Gasteiger partial charge in [0.25, 0.3) is 11.8 Å². The summed E-state index contributed by atoms with van der Waals surface area (Å²) in [6.45, 7) is 6.86. The van der Waals surface area contributed by atoms with Gasteiger partial charge in [-0.25, -0.2) is 0 Å². The van der Waals surface area contributed by atoms with Crippen LogP contribution >= 0.6 is 0 Å². The van der Waals surface area contributed by atoms with Crippen molar-refractivity contribution >= 4 is 11.8 Å². The predicted octanol–water partition coefficient (Wildman–Crippen LogP) is 1.24. The first kappa shape index (κ1) is 11.4. The molecule has 2 amide bonds. The number of amides is 2. The lowest BCUT2D eigenvalue weighted by Crippen LogP contribution is -2.43. The van der Waals surface area contributed by atoms with Crippen LogP contribution in [0.15, 0.2) is 11.1 Å². The Bertz CT molecular complexity index is 364. The molecule has 1 rings (SSSR count). The Morgan fingerprint density at radius 2 is 1.53 bits per heavy atom. The van der Waals surface area contributed by atoms with Gasteiger partial charge in [-0.3, -0.25) is 14.5 Å². The number of rotatable bonds is 2. The van der Waals surface area contributed by atoms with Crippen molar-refractivity contribution in [3.63, 3.8) is 0 Å². The fourth-order valence-corrected chi connectivity index (χ4v) is 1.53. The highest BCUT2D eigenvalue weighted by Gasteiger charge is 2.39. The Morgan fingerprint density at radius 1 is 1.13 bits per heavy atom. The van der Waals surface area contributed by atoms with Gasteiger partial charge in [0.1, 0.15) is 6.04 Å². The van der Waals surface area contributed by atoms with Crippen LogP contribution in [0.2, 0.25) is 0 Å². The van der Waals surface area contributed by atoms with E-state index in [1.54, 1.807) is 13.8 Å². The van der Waals surface area contributed by atoms with Gasteiger partial charge in [0.15, 0.2) is 0 Å². The highest BCUT2D eigenvalue weighted by atomic mass is 16.2. The largest absolute Gasteiger partial charge is 0.269 e. The van der Waals surface area contributed by atoms with E-state index in [4.69, 9.17) is 5.26 Å². The van der Waals surface area contributed by atoms with Crippen LogP contribution in [0.1, 0.15) is 27.7 Å². The monoisotopic (exact) mass is 206 g/mol. The fourth-order valence-electron chi connectivity index (χ4n) is 1.53. The van der Waals surface area contributed by atoms with Crippen LogP contribution in [0.3, 0.4) is 0 Å². The van der Waals surface area contributed by atoms with E-state index in [0.717, 1.165) is 4.90 Å². The van der Waals surface area contributed by atoms with Gasteiger partial charge in [-0.1, -0.05) is 13.8 Å². The molecule has 1 unspecified atom stereocenters. The van der Waals surface area contributed by atoms with Gasteiger partial charge in [-0.2, -0.15) is 5.26 Å². The van der Waals surface area contributed by atoms with Crippen molar-refractivity contribution in [2.75, 3.05) is 0 Å². The average molecular weight is 206 g/mol. The summed E-state index contributed by atoms with van der Waals surface area (Å²) in [7, 11) is 0. The van der Waals surface area contributed by atoms with Crippen molar-refractivity contribution in [2.24, 2.45) is 5.92 Å². The predicted molar refractivity (Wildman–Crippen MR) is 54.5 cm³/mol. The van der Waals surface area contributed by atoms with E-state index < -0.39 is 6.04 Å². The molecule has 1 aliphatic heterocycles. The van der Waals surface area contributed by atoms with Gasteiger partial charge in [-0.15, -0.1) is 0 Å². The minimum atomic E-state index is -0.669. The van der Waals surface area contributed by atoms with Crippen molar-refractivity contribution in [2.45, 2.75) is 33.7 Å². The SMILES string of the molecule is CC1=C(C)C(=O)N(C(C#N)C(C)C)C1=O. The Kier molecular flexibility index (Phi) is 2.94. The van der Waals surface area contributed by atoms with E-state index in [0.29, 0.717) is 11.1 Å². The molecule has 80 valence electrons. The summed E-state index contributed by atoms with van der Waals surface area (Å²) in [4.78, 5) is 24.5. The summed E-state index contributed by atoms with van der Waals surface area (Å²) in [5, 5.41) is 8.95. The number of carbonyl (C=O) groups excluding carboxylic acids is 2. The third kappa shape index (κ3) is 1.65. The van der Waals surface area contributed by atoms with E-state index in [9.17, 15) is 9.59 Å². The van der Waals surface area contributed by atoms with E-state index in [2.05, 4.69) is 0 Å². The van der Waals surface area contributed by atoms with Crippen LogP contribution < -0.4 is 0 Å². The van der Waals surface area contributed by atoms with E-state index >= 15 is 0 Å². The topological polar surface area (TPSA) is 61.2 Å². The smallest absolute Gasteiger partial charge is 0.257 e. The van der Waals surface area contributed by atoms with Crippen molar-refractivity contribution in [1.82, 2.24) is 4.90 Å². The number of hydrogen-bond donors (Lipinski definition) is 0. The first-order chi connectivity index (χ1) is 6.91. The Morgan fingerprint density at radius 3 is 1.80 bits per heavy atom.